The number of benzene rings is 2. The monoisotopic (exact) mass is 253 g/mol. The molecule has 0 aliphatic rings. The van der Waals surface area contributed by atoms with Gasteiger partial charge in [-0.1, -0.05) is 12.1 Å². The van der Waals surface area contributed by atoms with Gasteiger partial charge >= 0.3 is 7.69 Å². The van der Waals surface area contributed by atoms with Crippen LogP contribution in [0.4, 0.5) is 0 Å². The molecule has 97 valence electrons. The summed E-state index contributed by atoms with van der Waals surface area (Å²) in [6.45, 7) is 8.28. The Morgan fingerprint density at radius 3 is 1.42 bits per heavy atom. The Balaban J connectivity index is 1.92. The Kier molecular flexibility index (Phi) is 4.15. The lowest BCUT2D eigenvalue weighted by atomic mass is 10.1. The number of hydrogen-bond acceptors (Lipinski definition) is 2. The van der Waals surface area contributed by atoms with Gasteiger partial charge in [-0.2, -0.15) is 0 Å². The second-order valence-corrected chi connectivity index (χ2v) is 4.82. The third-order valence-corrected chi connectivity index (χ3v) is 3.33. The standard InChI is InChI=1S/C16H18BO2/c1-11-5-7-15(9-13(11)3)18-17-19-16-8-6-12(2)14(4)10-16/h5-10H,1-4H3. The van der Waals surface area contributed by atoms with Crippen LogP contribution in [0.1, 0.15) is 22.3 Å². The molecule has 0 N–H and O–H groups in total. The average molecular weight is 253 g/mol. The van der Waals surface area contributed by atoms with Crippen LogP contribution >= 0.6 is 0 Å². The molecule has 2 rings (SSSR count). The summed E-state index contributed by atoms with van der Waals surface area (Å²) in [6.07, 6.45) is 0. The third kappa shape index (κ3) is 3.54. The summed E-state index contributed by atoms with van der Waals surface area (Å²) in [5, 5.41) is 0. The van der Waals surface area contributed by atoms with E-state index < -0.39 is 0 Å². The Labute approximate surface area is 115 Å². The molecule has 0 spiro atoms. The third-order valence-electron chi connectivity index (χ3n) is 3.33. The predicted molar refractivity (Wildman–Crippen MR) is 78.8 cm³/mol. The maximum absolute atomic E-state index is 5.47. The topological polar surface area (TPSA) is 18.5 Å². The van der Waals surface area contributed by atoms with Crippen LogP contribution in [0.3, 0.4) is 0 Å². The summed E-state index contributed by atoms with van der Waals surface area (Å²) < 4.78 is 10.9. The zero-order chi connectivity index (χ0) is 13.8. The number of hydrogen-bond donors (Lipinski definition) is 0. The number of rotatable bonds is 4. The van der Waals surface area contributed by atoms with Crippen LogP contribution in [0.15, 0.2) is 36.4 Å². The van der Waals surface area contributed by atoms with Crippen LogP contribution in [0, 0.1) is 27.7 Å². The van der Waals surface area contributed by atoms with Gasteiger partial charge in [-0.3, -0.25) is 0 Å². The summed E-state index contributed by atoms with van der Waals surface area (Å²) in [4.78, 5) is 0. The molecule has 0 saturated carbocycles. The van der Waals surface area contributed by atoms with E-state index in [2.05, 4.69) is 27.7 Å². The smallest absolute Gasteiger partial charge is 0.526 e. The summed E-state index contributed by atoms with van der Waals surface area (Å²) in [7, 11) is 1.37. The van der Waals surface area contributed by atoms with Gasteiger partial charge in [0, 0.05) is 0 Å². The van der Waals surface area contributed by atoms with E-state index >= 15 is 0 Å². The molecule has 19 heavy (non-hydrogen) atoms. The van der Waals surface area contributed by atoms with Crippen LogP contribution in [-0.2, 0) is 0 Å². The van der Waals surface area contributed by atoms with E-state index in [1.54, 1.807) is 0 Å². The molecule has 0 aliphatic heterocycles. The lowest BCUT2D eigenvalue weighted by Gasteiger charge is -2.09. The van der Waals surface area contributed by atoms with Crippen LogP contribution in [0.2, 0.25) is 0 Å². The molecule has 0 aliphatic carbocycles. The normalized spacial score (nSPS) is 10.1. The van der Waals surface area contributed by atoms with Crippen molar-refractivity contribution in [2.45, 2.75) is 27.7 Å². The van der Waals surface area contributed by atoms with E-state index in [1.807, 2.05) is 36.4 Å². The average Bonchev–Trinajstić information content (AvgIpc) is 2.38. The van der Waals surface area contributed by atoms with Gasteiger partial charge in [0.05, 0.1) is 0 Å². The fourth-order valence-electron chi connectivity index (χ4n) is 1.71. The van der Waals surface area contributed by atoms with Crippen molar-refractivity contribution in [1.82, 2.24) is 0 Å². The molecule has 0 bridgehead atoms. The maximum Gasteiger partial charge on any atom is 0.658 e. The highest BCUT2D eigenvalue weighted by molar-refractivity contribution is 6.20. The Morgan fingerprint density at radius 1 is 0.632 bits per heavy atom. The summed E-state index contributed by atoms with van der Waals surface area (Å²) in [5.41, 5.74) is 4.92. The minimum Gasteiger partial charge on any atom is -0.526 e. The molecule has 2 nitrogen and oxygen atoms in total. The molecule has 0 atom stereocenters. The first kappa shape index (κ1) is 13.5. The van der Waals surface area contributed by atoms with Crippen molar-refractivity contribution in [3.8, 4) is 11.5 Å². The summed E-state index contributed by atoms with van der Waals surface area (Å²) >= 11 is 0. The van der Waals surface area contributed by atoms with Crippen molar-refractivity contribution in [3.63, 3.8) is 0 Å². The van der Waals surface area contributed by atoms with Crippen LogP contribution in [0.25, 0.3) is 0 Å². The molecule has 0 unspecified atom stereocenters. The highest BCUT2D eigenvalue weighted by Gasteiger charge is 2.03. The fraction of sp³-hybridized carbons (Fsp3) is 0.250. The molecule has 0 amide bonds. The molecular weight excluding hydrogens is 235 g/mol. The van der Waals surface area contributed by atoms with Crippen LogP contribution < -0.4 is 9.31 Å². The van der Waals surface area contributed by atoms with Gasteiger partial charge in [0.25, 0.3) is 0 Å². The van der Waals surface area contributed by atoms with Crippen molar-refractivity contribution in [2.75, 3.05) is 0 Å². The van der Waals surface area contributed by atoms with E-state index in [0.717, 1.165) is 11.5 Å². The van der Waals surface area contributed by atoms with E-state index in [1.165, 1.54) is 29.9 Å². The molecule has 2 aromatic carbocycles. The quantitative estimate of drug-likeness (QED) is 0.769. The van der Waals surface area contributed by atoms with E-state index in [9.17, 15) is 0 Å². The van der Waals surface area contributed by atoms with Crippen molar-refractivity contribution >= 4 is 7.69 Å². The number of aryl methyl sites for hydroxylation is 4. The Hall–Kier alpha value is -1.90. The first-order valence-corrected chi connectivity index (χ1v) is 6.36. The van der Waals surface area contributed by atoms with Gasteiger partial charge in [0.2, 0.25) is 0 Å². The van der Waals surface area contributed by atoms with Gasteiger partial charge in [-0.15, -0.1) is 0 Å². The summed E-state index contributed by atoms with van der Waals surface area (Å²) in [5.74, 6) is 1.57. The molecule has 0 aromatic heterocycles. The minimum atomic E-state index is 0.784. The fourth-order valence-corrected chi connectivity index (χ4v) is 1.71. The lowest BCUT2D eigenvalue weighted by molar-refractivity contribution is 0.458. The van der Waals surface area contributed by atoms with Gasteiger partial charge < -0.3 is 9.31 Å². The lowest BCUT2D eigenvalue weighted by Crippen LogP contribution is -2.11. The van der Waals surface area contributed by atoms with Crippen molar-refractivity contribution in [3.05, 3.63) is 58.7 Å². The summed E-state index contributed by atoms with van der Waals surface area (Å²) in [6, 6.07) is 11.9. The first-order valence-electron chi connectivity index (χ1n) is 6.36. The minimum absolute atomic E-state index is 0.784. The predicted octanol–water partition coefficient (Wildman–Crippen LogP) is 3.91. The van der Waals surface area contributed by atoms with E-state index in [-0.39, 0.29) is 0 Å². The second-order valence-electron chi connectivity index (χ2n) is 4.82. The Bertz CT molecular complexity index is 527. The molecule has 3 heteroatoms. The van der Waals surface area contributed by atoms with Crippen molar-refractivity contribution in [1.29, 1.82) is 0 Å². The molecule has 0 fully saturated rings. The zero-order valence-electron chi connectivity index (χ0n) is 11.9. The van der Waals surface area contributed by atoms with Gasteiger partial charge in [-0.05, 0) is 74.2 Å². The zero-order valence-corrected chi connectivity index (χ0v) is 11.9. The Morgan fingerprint density at radius 2 is 1.05 bits per heavy atom. The molecule has 0 heterocycles. The van der Waals surface area contributed by atoms with Crippen molar-refractivity contribution < 1.29 is 9.31 Å². The highest BCUT2D eigenvalue weighted by atomic mass is 16.6. The second kappa shape index (κ2) is 5.83. The highest BCUT2D eigenvalue weighted by Crippen LogP contribution is 2.18. The van der Waals surface area contributed by atoms with Gasteiger partial charge in [-0.25, -0.2) is 0 Å². The van der Waals surface area contributed by atoms with Crippen LogP contribution in [-0.4, -0.2) is 7.69 Å². The molecule has 1 radical (unpaired) electrons. The van der Waals surface area contributed by atoms with Crippen LogP contribution in [0.5, 0.6) is 11.5 Å². The van der Waals surface area contributed by atoms with Crippen molar-refractivity contribution in [2.24, 2.45) is 0 Å². The molecule has 2 aromatic rings. The molecular formula is C16H18BO2. The molecule has 0 saturated heterocycles. The maximum atomic E-state index is 5.47. The van der Waals surface area contributed by atoms with Gasteiger partial charge in [0.1, 0.15) is 11.5 Å². The van der Waals surface area contributed by atoms with E-state index in [4.69, 9.17) is 9.31 Å². The SMILES string of the molecule is Cc1ccc(O[B]Oc2ccc(C)c(C)c2)cc1C. The largest absolute Gasteiger partial charge is 0.658 e. The van der Waals surface area contributed by atoms with E-state index in [0.29, 0.717) is 0 Å². The first-order chi connectivity index (χ1) is 9.06. The van der Waals surface area contributed by atoms with Gasteiger partial charge in [0.15, 0.2) is 0 Å².